The first kappa shape index (κ1) is 12.0. The second-order valence-corrected chi connectivity index (χ2v) is 5.65. The molecule has 1 aliphatic rings. The zero-order chi connectivity index (χ0) is 11.5. The summed E-state index contributed by atoms with van der Waals surface area (Å²) in [4.78, 5) is 6.70. The van der Waals surface area contributed by atoms with Gasteiger partial charge in [0, 0.05) is 23.5 Å². The van der Waals surface area contributed by atoms with Gasteiger partial charge in [-0.25, -0.2) is 4.98 Å². The van der Waals surface area contributed by atoms with Crippen molar-refractivity contribution in [3.8, 4) is 0 Å². The molecule has 1 saturated carbocycles. The van der Waals surface area contributed by atoms with Crippen LogP contribution in [0.1, 0.15) is 37.9 Å². The quantitative estimate of drug-likeness (QED) is 0.873. The summed E-state index contributed by atoms with van der Waals surface area (Å²) in [7, 11) is 4.35. The Morgan fingerprint density at radius 2 is 2.31 bits per heavy atom. The van der Waals surface area contributed by atoms with Gasteiger partial charge >= 0.3 is 0 Å². The topological polar surface area (TPSA) is 28.2 Å². The van der Waals surface area contributed by atoms with E-state index in [1.165, 1.54) is 25.0 Å². The van der Waals surface area contributed by atoms with Crippen molar-refractivity contribution in [1.82, 2.24) is 15.2 Å². The number of nitrogens with one attached hydrogen (secondary N) is 1. The lowest BCUT2D eigenvalue weighted by molar-refractivity contribution is 0.291. The van der Waals surface area contributed by atoms with Crippen molar-refractivity contribution < 1.29 is 0 Å². The molecular weight excluding hydrogens is 218 g/mol. The van der Waals surface area contributed by atoms with Crippen LogP contribution in [0.5, 0.6) is 0 Å². The average molecular weight is 239 g/mol. The molecule has 1 aliphatic carbocycles. The normalized spacial score (nSPS) is 27.5. The summed E-state index contributed by atoms with van der Waals surface area (Å²) in [5.74, 6) is 0. The molecule has 1 heterocycles. The van der Waals surface area contributed by atoms with Gasteiger partial charge in [-0.1, -0.05) is 0 Å². The summed E-state index contributed by atoms with van der Waals surface area (Å²) in [6, 6.07) is 1.79. The maximum Gasteiger partial charge on any atom is 0.0795 e. The molecule has 0 aliphatic heterocycles. The minimum atomic E-state index is 0.386. The second-order valence-electron chi connectivity index (χ2n) is 4.93. The Hall–Kier alpha value is -0.450. The first-order valence-electron chi connectivity index (χ1n) is 5.97. The van der Waals surface area contributed by atoms with E-state index in [4.69, 9.17) is 0 Å². The van der Waals surface area contributed by atoms with Crippen LogP contribution in [0.3, 0.4) is 0 Å². The maximum absolute atomic E-state index is 4.36. The summed E-state index contributed by atoms with van der Waals surface area (Å²) in [5, 5.41) is 5.82. The Morgan fingerprint density at radius 1 is 1.50 bits per heavy atom. The number of aromatic nitrogens is 1. The monoisotopic (exact) mass is 239 g/mol. The van der Waals surface area contributed by atoms with Gasteiger partial charge in [0.05, 0.1) is 11.2 Å². The lowest BCUT2D eigenvalue weighted by Crippen LogP contribution is -2.32. The number of nitrogens with zero attached hydrogens (tertiary/aromatic N) is 2. The van der Waals surface area contributed by atoms with Crippen molar-refractivity contribution in [2.45, 2.75) is 44.3 Å². The van der Waals surface area contributed by atoms with Gasteiger partial charge in [0.15, 0.2) is 0 Å². The van der Waals surface area contributed by atoms with Gasteiger partial charge in [0.1, 0.15) is 0 Å². The fourth-order valence-electron chi connectivity index (χ4n) is 2.45. The van der Waals surface area contributed by atoms with Crippen molar-refractivity contribution in [2.24, 2.45) is 0 Å². The summed E-state index contributed by atoms with van der Waals surface area (Å²) in [6.07, 6.45) is 3.87. The van der Waals surface area contributed by atoms with E-state index in [1.54, 1.807) is 11.3 Å². The maximum atomic E-state index is 4.36. The van der Waals surface area contributed by atoms with Crippen molar-refractivity contribution in [2.75, 3.05) is 14.1 Å². The van der Waals surface area contributed by atoms with Gasteiger partial charge in [-0.05, 0) is 40.3 Å². The molecule has 16 heavy (non-hydrogen) atoms. The highest BCUT2D eigenvalue weighted by molar-refractivity contribution is 7.07. The third-order valence-corrected chi connectivity index (χ3v) is 4.12. The first-order valence-corrected chi connectivity index (χ1v) is 6.91. The van der Waals surface area contributed by atoms with E-state index in [9.17, 15) is 0 Å². The SMILES string of the molecule is CC(NC1CCC(N(C)C)C1)c1cscn1. The van der Waals surface area contributed by atoms with E-state index >= 15 is 0 Å². The van der Waals surface area contributed by atoms with E-state index < -0.39 is 0 Å². The number of hydrogen-bond acceptors (Lipinski definition) is 4. The Kier molecular flexibility index (Phi) is 3.95. The number of thiazole rings is 1. The van der Waals surface area contributed by atoms with Gasteiger partial charge in [0.2, 0.25) is 0 Å². The molecule has 3 nitrogen and oxygen atoms in total. The smallest absolute Gasteiger partial charge is 0.0795 e. The predicted molar refractivity (Wildman–Crippen MR) is 68.8 cm³/mol. The Morgan fingerprint density at radius 3 is 2.88 bits per heavy atom. The van der Waals surface area contributed by atoms with E-state index in [0.29, 0.717) is 12.1 Å². The van der Waals surface area contributed by atoms with Crippen molar-refractivity contribution >= 4 is 11.3 Å². The average Bonchev–Trinajstić information content (AvgIpc) is 2.87. The summed E-state index contributed by atoms with van der Waals surface area (Å²) >= 11 is 1.67. The fraction of sp³-hybridized carbons (Fsp3) is 0.750. The van der Waals surface area contributed by atoms with Gasteiger partial charge in [-0.15, -0.1) is 11.3 Å². The third-order valence-electron chi connectivity index (χ3n) is 3.52. The molecule has 1 N–H and O–H groups in total. The summed E-state index contributed by atoms with van der Waals surface area (Å²) in [5.41, 5.74) is 3.09. The van der Waals surface area contributed by atoms with Crippen LogP contribution in [-0.4, -0.2) is 36.1 Å². The highest BCUT2D eigenvalue weighted by atomic mass is 32.1. The zero-order valence-corrected chi connectivity index (χ0v) is 11.1. The predicted octanol–water partition coefficient (Wildman–Crippen LogP) is 2.28. The van der Waals surface area contributed by atoms with Crippen molar-refractivity contribution in [3.05, 3.63) is 16.6 Å². The summed E-state index contributed by atoms with van der Waals surface area (Å²) < 4.78 is 0. The standard InChI is InChI=1S/C12H21N3S/c1-9(12-7-16-8-13-12)14-10-4-5-11(6-10)15(2)3/h7-11,14H,4-6H2,1-3H3. The molecule has 0 aromatic carbocycles. The lowest BCUT2D eigenvalue weighted by atomic mass is 10.2. The molecule has 0 amide bonds. The minimum absolute atomic E-state index is 0.386. The molecule has 0 spiro atoms. The zero-order valence-electron chi connectivity index (χ0n) is 10.3. The molecule has 90 valence electrons. The molecule has 4 heteroatoms. The van der Waals surface area contributed by atoms with Crippen LogP contribution in [-0.2, 0) is 0 Å². The molecule has 3 atom stereocenters. The first-order chi connectivity index (χ1) is 7.66. The van der Waals surface area contributed by atoms with Gasteiger partial charge < -0.3 is 10.2 Å². The molecule has 1 fully saturated rings. The Balaban J connectivity index is 1.83. The van der Waals surface area contributed by atoms with Crippen LogP contribution in [0.15, 0.2) is 10.9 Å². The molecule has 0 saturated heterocycles. The van der Waals surface area contributed by atoms with Crippen LogP contribution in [0.2, 0.25) is 0 Å². The third kappa shape index (κ3) is 2.81. The molecule has 0 bridgehead atoms. The Bertz CT molecular complexity index is 310. The largest absolute Gasteiger partial charge is 0.306 e. The van der Waals surface area contributed by atoms with E-state index in [0.717, 1.165) is 6.04 Å². The van der Waals surface area contributed by atoms with Gasteiger partial charge in [-0.2, -0.15) is 0 Å². The molecule has 1 aromatic rings. The number of rotatable bonds is 4. The van der Waals surface area contributed by atoms with Crippen LogP contribution < -0.4 is 5.32 Å². The van der Waals surface area contributed by atoms with Crippen LogP contribution >= 0.6 is 11.3 Å². The molecule has 1 aromatic heterocycles. The molecule has 0 radical (unpaired) electrons. The van der Waals surface area contributed by atoms with E-state index in [1.807, 2.05) is 5.51 Å². The van der Waals surface area contributed by atoms with Gasteiger partial charge in [-0.3, -0.25) is 0 Å². The Labute approximate surface area is 102 Å². The highest BCUT2D eigenvalue weighted by Gasteiger charge is 2.27. The summed E-state index contributed by atoms with van der Waals surface area (Å²) in [6.45, 7) is 2.21. The van der Waals surface area contributed by atoms with Crippen molar-refractivity contribution in [1.29, 1.82) is 0 Å². The molecular formula is C12H21N3S. The lowest BCUT2D eigenvalue weighted by Gasteiger charge is -2.21. The highest BCUT2D eigenvalue weighted by Crippen LogP contribution is 2.25. The van der Waals surface area contributed by atoms with Crippen LogP contribution in [0, 0.1) is 0 Å². The fourth-order valence-corrected chi connectivity index (χ4v) is 3.10. The van der Waals surface area contributed by atoms with Crippen molar-refractivity contribution in [3.63, 3.8) is 0 Å². The second kappa shape index (κ2) is 5.25. The molecule has 2 rings (SSSR count). The minimum Gasteiger partial charge on any atom is -0.306 e. The van der Waals surface area contributed by atoms with Gasteiger partial charge in [0.25, 0.3) is 0 Å². The van der Waals surface area contributed by atoms with Crippen LogP contribution in [0.25, 0.3) is 0 Å². The molecule has 3 unspecified atom stereocenters. The van der Waals surface area contributed by atoms with Crippen LogP contribution in [0.4, 0.5) is 0 Å². The van der Waals surface area contributed by atoms with E-state index in [2.05, 4.69) is 41.6 Å². The van der Waals surface area contributed by atoms with E-state index in [-0.39, 0.29) is 0 Å². The number of hydrogen-bond donors (Lipinski definition) is 1.